The number of ether oxygens (including phenoxy) is 2. The Bertz CT molecular complexity index is 633. The maximum absolute atomic E-state index is 11.5. The van der Waals surface area contributed by atoms with Crippen LogP contribution in [0.3, 0.4) is 0 Å². The first-order chi connectivity index (χ1) is 10.5. The third-order valence-corrected chi connectivity index (χ3v) is 3.42. The number of carboxylic acids is 1. The van der Waals surface area contributed by atoms with Crippen molar-refractivity contribution in [1.29, 1.82) is 0 Å². The average Bonchev–Trinajstić information content (AvgIpc) is 2.53. The lowest BCUT2D eigenvalue weighted by atomic mass is 9.90. The van der Waals surface area contributed by atoms with E-state index in [1.807, 2.05) is 0 Å². The molecular weight excluding hydrogens is 284 g/mol. The molecule has 1 unspecified atom stereocenters. The number of rotatable bonds is 5. The minimum atomic E-state index is -0.994. The van der Waals surface area contributed by atoms with Gasteiger partial charge in [-0.3, -0.25) is 0 Å². The van der Waals surface area contributed by atoms with Crippen molar-refractivity contribution < 1.29 is 24.5 Å². The molecule has 0 spiro atoms. The number of aliphatic hydroxyl groups is 1. The molecule has 1 aromatic carbocycles. The average molecular weight is 302 g/mol. The van der Waals surface area contributed by atoms with E-state index in [2.05, 4.69) is 0 Å². The Morgan fingerprint density at radius 3 is 2.32 bits per heavy atom. The molecule has 2 rings (SSSR count). The molecule has 5 heteroatoms. The largest absolute Gasteiger partial charge is 0.508 e. The molecule has 1 aliphatic rings. The molecule has 0 aromatic heterocycles. The summed E-state index contributed by atoms with van der Waals surface area (Å²) in [6, 6.07) is 5.20. The van der Waals surface area contributed by atoms with Crippen LogP contribution in [-0.2, 0) is 4.79 Å². The molecule has 0 heterocycles. The predicted molar refractivity (Wildman–Crippen MR) is 83.1 cm³/mol. The summed E-state index contributed by atoms with van der Waals surface area (Å²) in [6.07, 6.45) is 6.84. The predicted octanol–water partition coefficient (Wildman–Crippen LogP) is 3.19. The maximum Gasteiger partial charge on any atom is 0.332 e. The van der Waals surface area contributed by atoms with Crippen molar-refractivity contribution in [2.75, 3.05) is 14.2 Å². The summed E-state index contributed by atoms with van der Waals surface area (Å²) < 4.78 is 10.4. The molecule has 0 fully saturated rings. The van der Waals surface area contributed by atoms with E-state index in [9.17, 15) is 15.0 Å². The first-order valence-electron chi connectivity index (χ1n) is 6.78. The van der Waals surface area contributed by atoms with Gasteiger partial charge in [0.1, 0.15) is 17.3 Å². The van der Waals surface area contributed by atoms with Gasteiger partial charge in [-0.1, -0.05) is 6.08 Å². The van der Waals surface area contributed by atoms with E-state index >= 15 is 0 Å². The number of aliphatic carboxylic acids is 1. The van der Waals surface area contributed by atoms with Gasteiger partial charge in [0, 0.05) is 17.6 Å². The molecule has 2 N–H and O–H groups in total. The highest BCUT2D eigenvalue weighted by Gasteiger charge is 2.19. The Labute approximate surface area is 128 Å². The van der Waals surface area contributed by atoms with E-state index in [1.165, 1.54) is 20.3 Å². The number of benzene rings is 1. The number of methoxy groups -OCH3 is 2. The van der Waals surface area contributed by atoms with Crippen molar-refractivity contribution in [3.63, 3.8) is 0 Å². The molecule has 0 saturated heterocycles. The lowest BCUT2D eigenvalue weighted by Gasteiger charge is -2.15. The van der Waals surface area contributed by atoms with Crippen LogP contribution in [-0.4, -0.2) is 30.4 Å². The summed E-state index contributed by atoms with van der Waals surface area (Å²) in [5.74, 6) is 0.0555. The van der Waals surface area contributed by atoms with E-state index in [0.29, 0.717) is 23.5 Å². The topological polar surface area (TPSA) is 76.0 Å². The van der Waals surface area contributed by atoms with Crippen LogP contribution in [0.1, 0.15) is 12.0 Å². The molecule has 0 radical (unpaired) electrons. The molecule has 0 saturated carbocycles. The maximum atomic E-state index is 11.5. The molecule has 0 amide bonds. The highest BCUT2D eigenvalue weighted by Crippen LogP contribution is 2.28. The van der Waals surface area contributed by atoms with Gasteiger partial charge in [0.05, 0.1) is 14.2 Å². The molecular formula is C17H18O5. The van der Waals surface area contributed by atoms with Gasteiger partial charge < -0.3 is 19.7 Å². The molecule has 1 aliphatic carbocycles. The van der Waals surface area contributed by atoms with Crippen molar-refractivity contribution in [2.24, 2.45) is 5.92 Å². The van der Waals surface area contributed by atoms with E-state index in [4.69, 9.17) is 9.47 Å². The van der Waals surface area contributed by atoms with Crippen molar-refractivity contribution in [2.45, 2.75) is 6.42 Å². The second-order valence-corrected chi connectivity index (χ2v) is 4.88. The summed E-state index contributed by atoms with van der Waals surface area (Å²) in [5.41, 5.74) is 0.927. The van der Waals surface area contributed by atoms with Gasteiger partial charge in [-0.05, 0) is 42.3 Å². The van der Waals surface area contributed by atoms with Crippen LogP contribution in [0.2, 0.25) is 0 Å². The van der Waals surface area contributed by atoms with Crippen LogP contribution in [0.15, 0.2) is 47.8 Å². The molecule has 0 aliphatic heterocycles. The molecule has 0 bridgehead atoms. The quantitative estimate of drug-likeness (QED) is 0.817. The van der Waals surface area contributed by atoms with Crippen molar-refractivity contribution in [1.82, 2.24) is 0 Å². The van der Waals surface area contributed by atoms with Crippen LogP contribution in [0.25, 0.3) is 6.08 Å². The van der Waals surface area contributed by atoms with E-state index < -0.39 is 5.97 Å². The summed E-state index contributed by atoms with van der Waals surface area (Å²) in [5, 5.41) is 18.8. The van der Waals surface area contributed by atoms with Crippen molar-refractivity contribution >= 4 is 12.0 Å². The minimum absolute atomic E-state index is 0.157. The normalized spacial score (nSPS) is 17.8. The highest BCUT2D eigenvalue weighted by atomic mass is 16.5. The lowest BCUT2D eigenvalue weighted by Crippen LogP contribution is -2.12. The van der Waals surface area contributed by atoms with Crippen LogP contribution in [0.5, 0.6) is 11.5 Å². The second kappa shape index (κ2) is 6.85. The smallest absolute Gasteiger partial charge is 0.332 e. The number of carbonyl (C=O) groups is 1. The molecule has 116 valence electrons. The van der Waals surface area contributed by atoms with E-state index in [0.717, 1.165) is 0 Å². The summed E-state index contributed by atoms with van der Waals surface area (Å²) in [7, 11) is 3.08. The van der Waals surface area contributed by atoms with Crippen LogP contribution >= 0.6 is 0 Å². The SMILES string of the molecule is COc1cc(/C=C(/C(=O)O)C2C=CC(O)=CC2)cc(OC)c1. The summed E-state index contributed by atoms with van der Waals surface area (Å²) >= 11 is 0. The zero-order valence-corrected chi connectivity index (χ0v) is 12.4. The Morgan fingerprint density at radius 1 is 1.23 bits per heavy atom. The summed E-state index contributed by atoms with van der Waals surface area (Å²) in [6.45, 7) is 0. The second-order valence-electron chi connectivity index (χ2n) is 4.88. The number of hydrogen-bond donors (Lipinski definition) is 2. The fourth-order valence-electron chi connectivity index (χ4n) is 2.26. The standard InChI is InChI=1S/C17H18O5/c1-21-14-7-11(8-15(10-14)22-2)9-16(17(19)20)12-3-5-13(18)6-4-12/h3,5-10,12,18H,4H2,1-2H3,(H,19,20)/b16-9+. The van der Waals surface area contributed by atoms with Gasteiger partial charge in [0.2, 0.25) is 0 Å². The first kappa shape index (κ1) is 15.7. The monoisotopic (exact) mass is 302 g/mol. The van der Waals surface area contributed by atoms with E-state index in [1.54, 1.807) is 36.4 Å². The summed E-state index contributed by atoms with van der Waals surface area (Å²) in [4.78, 5) is 11.5. The fraction of sp³-hybridized carbons (Fsp3) is 0.235. The van der Waals surface area contributed by atoms with Crippen molar-refractivity contribution in [3.8, 4) is 11.5 Å². The third kappa shape index (κ3) is 3.69. The number of hydrogen-bond acceptors (Lipinski definition) is 4. The lowest BCUT2D eigenvalue weighted by molar-refractivity contribution is -0.133. The molecule has 22 heavy (non-hydrogen) atoms. The van der Waals surface area contributed by atoms with Crippen LogP contribution in [0.4, 0.5) is 0 Å². The van der Waals surface area contributed by atoms with Gasteiger partial charge in [-0.2, -0.15) is 0 Å². The Morgan fingerprint density at radius 2 is 1.86 bits per heavy atom. The Balaban J connectivity index is 2.38. The van der Waals surface area contributed by atoms with Crippen molar-refractivity contribution in [3.05, 3.63) is 53.3 Å². The van der Waals surface area contributed by atoms with Crippen LogP contribution < -0.4 is 9.47 Å². The number of carboxylic acid groups (broad SMARTS) is 1. The van der Waals surface area contributed by atoms with E-state index in [-0.39, 0.29) is 17.3 Å². The molecule has 5 nitrogen and oxygen atoms in total. The zero-order valence-electron chi connectivity index (χ0n) is 12.4. The minimum Gasteiger partial charge on any atom is -0.508 e. The van der Waals surface area contributed by atoms with Gasteiger partial charge in [-0.15, -0.1) is 0 Å². The fourth-order valence-corrected chi connectivity index (χ4v) is 2.26. The third-order valence-electron chi connectivity index (χ3n) is 3.42. The van der Waals surface area contributed by atoms with Crippen LogP contribution in [0, 0.1) is 5.92 Å². The Hall–Kier alpha value is -2.69. The van der Waals surface area contributed by atoms with Gasteiger partial charge in [-0.25, -0.2) is 4.79 Å². The zero-order chi connectivity index (χ0) is 16.1. The van der Waals surface area contributed by atoms with Gasteiger partial charge in [0.15, 0.2) is 0 Å². The molecule has 1 atom stereocenters. The first-order valence-corrected chi connectivity index (χ1v) is 6.78. The number of allylic oxidation sites excluding steroid dienone is 3. The highest BCUT2D eigenvalue weighted by molar-refractivity contribution is 5.93. The van der Waals surface area contributed by atoms with Gasteiger partial charge in [0.25, 0.3) is 0 Å². The Kier molecular flexibility index (Phi) is 4.88. The number of aliphatic hydroxyl groups excluding tert-OH is 1. The molecule has 1 aromatic rings. The van der Waals surface area contributed by atoms with Gasteiger partial charge >= 0.3 is 5.97 Å².